The molecule has 0 bridgehead atoms. The number of carbonyl (C=O) groups is 2. The number of aromatic carboxylic acids is 1. The van der Waals surface area contributed by atoms with Gasteiger partial charge < -0.3 is 10.4 Å². The topological polar surface area (TPSA) is 66.4 Å². The molecule has 0 spiro atoms. The van der Waals surface area contributed by atoms with Gasteiger partial charge in [0.25, 0.3) is 0 Å². The average molecular weight is 308 g/mol. The van der Waals surface area contributed by atoms with Gasteiger partial charge in [-0.2, -0.15) is 0 Å². The molecular weight excluding hydrogens is 297 g/mol. The van der Waals surface area contributed by atoms with Crippen molar-refractivity contribution in [1.29, 1.82) is 0 Å². The van der Waals surface area contributed by atoms with Gasteiger partial charge in [-0.3, -0.25) is 4.79 Å². The third kappa shape index (κ3) is 4.03. The largest absolute Gasteiger partial charge is 0.478 e. The zero-order valence-corrected chi connectivity index (χ0v) is 11.5. The van der Waals surface area contributed by atoms with Crippen LogP contribution in [0.5, 0.6) is 0 Å². The van der Waals surface area contributed by atoms with Gasteiger partial charge in [0.2, 0.25) is 5.91 Å². The molecule has 108 valence electrons. The molecule has 2 aromatic rings. The van der Waals surface area contributed by atoms with Gasteiger partial charge in [-0.15, -0.1) is 0 Å². The predicted octanol–water partition coefficient (Wildman–Crippen LogP) is 3.36. The van der Waals surface area contributed by atoms with E-state index in [-0.39, 0.29) is 22.7 Å². The van der Waals surface area contributed by atoms with Crippen molar-refractivity contribution in [1.82, 2.24) is 0 Å². The Morgan fingerprint density at radius 2 is 1.90 bits per heavy atom. The number of anilines is 1. The Hall–Kier alpha value is -2.40. The van der Waals surface area contributed by atoms with E-state index in [0.717, 1.165) is 12.1 Å². The molecule has 0 saturated heterocycles. The van der Waals surface area contributed by atoms with Crippen LogP contribution in [0, 0.1) is 5.82 Å². The van der Waals surface area contributed by atoms with Gasteiger partial charge in [0.1, 0.15) is 5.82 Å². The van der Waals surface area contributed by atoms with E-state index in [1.165, 1.54) is 12.1 Å². The molecule has 0 aliphatic rings. The molecular formula is C15H11ClFNO3. The Morgan fingerprint density at radius 3 is 2.57 bits per heavy atom. The second-order valence-electron chi connectivity index (χ2n) is 4.35. The molecule has 21 heavy (non-hydrogen) atoms. The second-order valence-corrected chi connectivity index (χ2v) is 4.78. The van der Waals surface area contributed by atoms with Gasteiger partial charge >= 0.3 is 5.97 Å². The van der Waals surface area contributed by atoms with E-state index in [1.54, 1.807) is 18.2 Å². The Bertz CT molecular complexity index is 683. The monoisotopic (exact) mass is 307 g/mol. The number of carboxylic acid groups (broad SMARTS) is 1. The summed E-state index contributed by atoms with van der Waals surface area (Å²) in [5.74, 6) is -2.12. The lowest BCUT2D eigenvalue weighted by Crippen LogP contribution is -2.16. The van der Waals surface area contributed by atoms with Gasteiger partial charge in [0, 0.05) is 10.7 Å². The summed E-state index contributed by atoms with van der Waals surface area (Å²) in [6.07, 6.45) is -0.128. The first kappa shape index (κ1) is 15.0. The number of amides is 1. The lowest BCUT2D eigenvalue weighted by molar-refractivity contribution is -0.115. The number of hydrogen-bond donors (Lipinski definition) is 2. The standard InChI is InChI=1S/C15H11ClFNO3/c16-10-6-11(17)8-12(7-10)18-14(19)5-9-3-1-2-4-13(9)15(20)21/h1-4,6-8H,5H2,(H,18,19)(H,20,21). The fourth-order valence-corrected chi connectivity index (χ4v) is 2.11. The summed E-state index contributed by atoms with van der Waals surface area (Å²) in [5, 5.41) is 11.7. The minimum Gasteiger partial charge on any atom is -0.478 e. The number of halogens is 2. The van der Waals surface area contributed by atoms with E-state index >= 15 is 0 Å². The number of nitrogens with one attached hydrogen (secondary N) is 1. The molecule has 0 radical (unpaired) electrons. The summed E-state index contributed by atoms with van der Waals surface area (Å²) in [7, 11) is 0. The Morgan fingerprint density at radius 1 is 1.19 bits per heavy atom. The summed E-state index contributed by atoms with van der Waals surface area (Å²) in [6, 6.07) is 9.87. The van der Waals surface area contributed by atoms with E-state index in [2.05, 4.69) is 5.32 Å². The van der Waals surface area contributed by atoms with Crippen molar-refractivity contribution in [3.05, 3.63) is 64.4 Å². The molecule has 2 N–H and O–H groups in total. The maximum atomic E-state index is 13.2. The Balaban J connectivity index is 2.14. The van der Waals surface area contributed by atoms with Gasteiger partial charge in [-0.05, 0) is 29.8 Å². The highest BCUT2D eigenvalue weighted by molar-refractivity contribution is 6.30. The SMILES string of the molecule is O=C(Cc1ccccc1C(=O)O)Nc1cc(F)cc(Cl)c1. The zero-order chi connectivity index (χ0) is 15.4. The molecule has 0 atom stereocenters. The normalized spacial score (nSPS) is 10.2. The molecule has 0 heterocycles. The van der Waals surface area contributed by atoms with Crippen LogP contribution < -0.4 is 5.32 Å². The number of hydrogen-bond acceptors (Lipinski definition) is 2. The highest BCUT2D eigenvalue weighted by Gasteiger charge is 2.13. The van der Waals surface area contributed by atoms with Crippen molar-refractivity contribution >= 4 is 29.2 Å². The lowest BCUT2D eigenvalue weighted by atomic mass is 10.0. The van der Waals surface area contributed by atoms with Crippen molar-refractivity contribution in [3.63, 3.8) is 0 Å². The summed E-state index contributed by atoms with van der Waals surface area (Å²) < 4.78 is 13.2. The average Bonchev–Trinajstić information content (AvgIpc) is 2.37. The molecule has 0 aliphatic carbocycles. The van der Waals surface area contributed by atoms with E-state index in [9.17, 15) is 14.0 Å². The summed E-state index contributed by atoms with van der Waals surface area (Å²) in [6.45, 7) is 0. The number of benzene rings is 2. The first-order chi connectivity index (χ1) is 9.95. The highest BCUT2D eigenvalue weighted by Crippen LogP contribution is 2.18. The predicted molar refractivity (Wildman–Crippen MR) is 77.1 cm³/mol. The van der Waals surface area contributed by atoms with Crippen LogP contribution >= 0.6 is 11.6 Å². The third-order valence-corrected chi connectivity index (χ3v) is 2.96. The van der Waals surface area contributed by atoms with Crippen LogP contribution in [0.2, 0.25) is 5.02 Å². The van der Waals surface area contributed by atoms with Gasteiger partial charge in [-0.25, -0.2) is 9.18 Å². The molecule has 2 rings (SSSR count). The van der Waals surface area contributed by atoms with Crippen LogP contribution in [-0.2, 0) is 11.2 Å². The molecule has 0 aliphatic heterocycles. The first-order valence-electron chi connectivity index (χ1n) is 6.03. The Kier molecular flexibility index (Phi) is 4.55. The van der Waals surface area contributed by atoms with Crippen LogP contribution in [0.3, 0.4) is 0 Å². The van der Waals surface area contributed by atoms with Crippen LogP contribution in [0.1, 0.15) is 15.9 Å². The van der Waals surface area contributed by atoms with Crippen molar-refractivity contribution in [2.24, 2.45) is 0 Å². The van der Waals surface area contributed by atoms with Crippen LogP contribution in [0.25, 0.3) is 0 Å². The van der Waals surface area contributed by atoms with Gasteiger partial charge in [-0.1, -0.05) is 29.8 Å². The molecule has 4 nitrogen and oxygen atoms in total. The van der Waals surface area contributed by atoms with Crippen molar-refractivity contribution in [3.8, 4) is 0 Å². The minimum absolute atomic E-state index is 0.0601. The Labute approximate surface area is 125 Å². The fraction of sp³-hybridized carbons (Fsp3) is 0.0667. The number of carbonyl (C=O) groups excluding carboxylic acids is 1. The van der Waals surface area contributed by atoms with E-state index in [4.69, 9.17) is 16.7 Å². The maximum Gasteiger partial charge on any atom is 0.335 e. The van der Waals surface area contributed by atoms with Crippen LogP contribution in [-0.4, -0.2) is 17.0 Å². The minimum atomic E-state index is -1.10. The van der Waals surface area contributed by atoms with Gasteiger partial charge in [0.15, 0.2) is 0 Å². The summed E-state index contributed by atoms with van der Waals surface area (Å²) in [5.41, 5.74) is 0.660. The number of rotatable bonds is 4. The first-order valence-corrected chi connectivity index (χ1v) is 6.40. The second kappa shape index (κ2) is 6.37. The van der Waals surface area contributed by atoms with Crippen LogP contribution in [0.4, 0.5) is 10.1 Å². The van der Waals surface area contributed by atoms with E-state index < -0.39 is 17.7 Å². The fourth-order valence-electron chi connectivity index (χ4n) is 1.89. The van der Waals surface area contributed by atoms with Crippen molar-refractivity contribution < 1.29 is 19.1 Å². The summed E-state index contributed by atoms with van der Waals surface area (Å²) in [4.78, 5) is 23.0. The van der Waals surface area contributed by atoms with Gasteiger partial charge in [0.05, 0.1) is 12.0 Å². The smallest absolute Gasteiger partial charge is 0.335 e. The maximum absolute atomic E-state index is 13.2. The molecule has 0 fully saturated rings. The molecule has 0 saturated carbocycles. The number of carboxylic acids is 1. The third-order valence-electron chi connectivity index (χ3n) is 2.75. The van der Waals surface area contributed by atoms with Crippen molar-refractivity contribution in [2.45, 2.75) is 6.42 Å². The molecule has 2 aromatic carbocycles. The van der Waals surface area contributed by atoms with Crippen molar-refractivity contribution in [2.75, 3.05) is 5.32 Å². The van der Waals surface area contributed by atoms with Crippen LogP contribution in [0.15, 0.2) is 42.5 Å². The molecule has 6 heteroatoms. The zero-order valence-electron chi connectivity index (χ0n) is 10.8. The van der Waals surface area contributed by atoms with E-state index in [1.807, 2.05) is 0 Å². The summed E-state index contributed by atoms with van der Waals surface area (Å²) >= 11 is 5.69. The lowest BCUT2D eigenvalue weighted by Gasteiger charge is -2.08. The molecule has 1 amide bonds. The highest BCUT2D eigenvalue weighted by atomic mass is 35.5. The molecule has 0 unspecified atom stereocenters. The molecule has 0 aromatic heterocycles. The quantitative estimate of drug-likeness (QED) is 0.910. The van der Waals surface area contributed by atoms with E-state index in [0.29, 0.717) is 5.56 Å².